The van der Waals surface area contributed by atoms with E-state index in [2.05, 4.69) is 10.0 Å². The zero-order chi connectivity index (χ0) is 18.8. The summed E-state index contributed by atoms with van der Waals surface area (Å²) >= 11 is 0. The molecule has 0 saturated heterocycles. The number of carbonyl (C=O) groups excluding carboxylic acids is 1. The van der Waals surface area contributed by atoms with Gasteiger partial charge >= 0.3 is 0 Å². The van der Waals surface area contributed by atoms with Gasteiger partial charge in [-0.1, -0.05) is 0 Å². The number of aryl methyl sites for hydroxylation is 2. The lowest BCUT2D eigenvalue weighted by molar-refractivity contribution is -0.114. The molecule has 0 aliphatic rings. The van der Waals surface area contributed by atoms with Crippen LogP contribution < -0.4 is 14.8 Å². The van der Waals surface area contributed by atoms with Gasteiger partial charge < -0.3 is 10.1 Å². The van der Waals surface area contributed by atoms with Crippen molar-refractivity contribution in [3.63, 3.8) is 0 Å². The molecule has 2 N–H and O–H groups in total. The fraction of sp³-hybridized carbons (Fsp3) is 0.235. The van der Waals surface area contributed by atoms with Crippen LogP contribution in [0.1, 0.15) is 18.1 Å². The van der Waals surface area contributed by atoms with Crippen molar-refractivity contribution in [1.82, 2.24) is 0 Å². The van der Waals surface area contributed by atoms with E-state index in [0.717, 1.165) is 23.3 Å². The largest absolute Gasteiger partial charge is 0.495 e. The minimum atomic E-state index is -4.06. The second kappa shape index (κ2) is 7.10. The topological polar surface area (TPSA) is 84.5 Å². The average Bonchev–Trinajstić information content (AvgIpc) is 2.51. The van der Waals surface area contributed by atoms with E-state index in [1.807, 2.05) is 6.92 Å². The molecule has 2 aromatic rings. The van der Waals surface area contributed by atoms with Crippen LogP contribution in [0.3, 0.4) is 0 Å². The molecule has 2 aromatic carbocycles. The van der Waals surface area contributed by atoms with Crippen LogP contribution in [0.25, 0.3) is 0 Å². The van der Waals surface area contributed by atoms with E-state index in [1.54, 1.807) is 13.0 Å². The molecule has 0 radical (unpaired) electrons. The van der Waals surface area contributed by atoms with Crippen molar-refractivity contribution in [3.8, 4) is 5.75 Å². The molecule has 1 amide bonds. The first-order valence-corrected chi connectivity index (χ1v) is 8.87. The minimum Gasteiger partial charge on any atom is -0.495 e. The molecule has 0 aliphatic heterocycles. The molecule has 0 heterocycles. The standard InChI is InChI=1S/C17H19FN2O4S/c1-10-7-16(24-4)17(8-11(10)2)25(22,23)20-15-9-13(18)5-6-14(15)19-12(3)21/h5-9,20H,1-4H3,(H,19,21). The number of hydrogen-bond donors (Lipinski definition) is 2. The first-order chi connectivity index (χ1) is 11.6. The Bertz CT molecular complexity index is 926. The van der Waals surface area contributed by atoms with Gasteiger partial charge in [-0.25, -0.2) is 12.8 Å². The third-order valence-corrected chi connectivity index (χ3v) is 4.99. The normalized spacial score (nSPS) is 11.1. The zero-order valence-electron chi connectivity index (χ0n) is 14.3. The van der Waals surface area contributed by atoms with Gasteiger partial charge in [0.1, 0.15) is 16.5 Å². The number of anilines is 2. The molecule has 0 aromatic heterocycles. The average molecular weight is 366 g/mol. The summed E-state index contributed by atoms with van der Waals surface area (Å²) < 4.78 is 46.6. The van der Waals surface area contributed by atoms with E-state index in [9.17, 15) is 17.6 Å². The Morgan fingerprint density at radius 1 is 1.08 bits per heavy atom. The summed E-state index contributed by atoms with van der Waals surface area (Å²) in [6.45, 7) is 4.88. The van der Waals surface area contributed by atoms with Gasteiger partial charge in [0.15, 0.2) is 0 Å². The highest BCUT2D eigenvalue weighted by atomic mass is 32.2. The highest BCUT2D eigenvalue weighted by Crippen LogP contribution is 2.31. The molecular formula is C17H19FN2O4S. The summed E-state index contributed by atoms with van der Waals surface area (Å²) in [6.07, 6.45) is 0. The second-order valence-corrected chi connectivity index (χ2v) is 7.21. The van der Waals surface area contributed by atoms with E-state index in [1.165, 1.54) is 26.2 Å². The van der Waals surface area contributed by atoms with Crippen molar-refractivity contribution in [2.45, 2.75) is 25.7 Å². The Balaban J connectivity index is 2.52. The molecule has 0 spiro atoms. The molecule has 0 fully saturated rings. The quantitative estimate of drug-likeness (QED) is 0.851. The Labute approximate surface area is 146 Å². The third kappa shape index (κ3) is 4.27. The summed E-state index contributed by atoms with van der Waals surface area (Å²) in [7, 11) is -2.69. The molecule has 8 heteroatoms. The van der Waals surface area contributed by atoms with Crippen LogP contribution in [-0.2, 0) is 14.8 Å². The number of ether oxygens (including phenoxy) is 1. The summed E-state index contributed by atoms with van der Waals surface area (Å²) in [5.41, 5.74) is 1.72. The molecule has 2 rings (SSSR count). The monoisotopic (exact) mass is 366 g/mol. The molecule has 0 aliphatic carbocycles. The van der Waals surface area contributed by atoms with Crippen LogP contribution in [0.4, 0.5) is 15.8 Å². The van der Waals surface area contributed by atoms with Crippen LogP contribution >= 0.6 is 0 Å². The number of carbonyl (C=O) groups is 1. The summed E-state index contributed by atoms with van der Waals surface area (Å²) in [5, 5.41) is 2.46. The van der Waals surface area contributed by atoms with Crippen LogP contribution in [-0.4, -0.2) is 21.4 Å². The highest BCUT2D eigenvalue weighted by molar-refractivity contribution is 7.92. The van der Waals surface area contributed by atoms with Crippen molar-refractivity contribution < 1.29 is 22.3 Å². The lowest BCUT2D eigenvalue weighted by Crippen LogP contribution is -2.17. The number of sulfonamides is 1. The molecule has 0 saturated carbocycles. The predicted molar refractivity (Wildman–Crippen MR) is 94.0 cm³/mol. The number of benzene rings is 2. The van der Waals surface area contributed by atoms with Gasteiger partial charge in [0.25, 0.3) is 10.0 Å². The minimum absolute atomic E-state index is 0.0730. The first kappa shape index (κ1) is 18.7. The van der Waals surface area contributed by atoms with E-state index >= 15 is 0 Å². The maximum Gasteiger partial charge on any atom is 0.265 e. The number of halogens is 1. The van der Waals surface area contributed by atoms with Crippen molar-refractivity contribution in [3.05, 3.63) is 47.3 Å². The molecule has 6 nitrogen and oxygen atoms in total. The van der Waals surface area contributed by atoms with Gasteiger partial charge in [0.05, 0.1) is 18.5 Å². The molecule has 134 valence electrons. The number of rotatable bonds is 5. The van der Waals surface area contributed by atoms with E-state index in [4.69, 9.17) is 4.74 Å². The lowest BCUT2D eigenvalue weighted by Gasteiger charge is -2.16. The SMILES string of the molecule is COc1cc(C)c(C)cc1S(=O)(=O)Nc1cc(F)ccc1NC(C)=O. The van der Waals surface area contributed by atoms with Gasteiger partial charge in [0, 0.05) is 13.0 Å². The molecule has 0 bridgehead atoms. The van der Waals surface area contributed by atoms with E-state index in [0.29, 0.717) is 0 Å². The maximum absolute atomic E-state index is 13.6. The van der Waals surface area contributed by atoms with Crippen molar-refractivity contribution in [2.75, 3.05) is 17.1 Å². The molecule has 25 heavy (non-hydrogen) atoms. The molecule has 0 unspecified atom stereocenters. The van der Waals surface area contributed by atoms with Gasteiger partial charge in [-0.3, -0.25) is 9.52 Å². The number of hydrogen-bond acceptors (Lipinski definition) is 4. The van der Waals surface area contributed by atoms with Crippen LogP contribution in [0.15, 0.2) is 35.2 Å². The Morgan fingerprint density at radius 2 is 1.72 bits per heavy atom. The summed E-state index contributed by atoms with van der Waals surface area (Å²) in [6, 6.07) is 6.50. The zero-order valence-corrected chi connectivity index (χ0v) is 15.1. The Hall–Kier alpha value is -2.61. The summed E-state index contributed by atoms with van der Waals surface area (Å²) in [5.74, 6) is -0.872. The maximum atomic E-state index is 13.6. The Morgan fingerprint density at radius 3 is 2.32 bits per heavy atom. The van der Waals surface area contributed by atoms with Crippen molar-refractivity contribution in [2.24, 2.45) is 0 Å². The van der Waals surface area contributed by atoms with Crippen LogP contribution in [0.2, 0.25) is 0 Å². The van der Waals surface area contributed by atoms with Crippen LogP contribution in [0.5, 0.6) is 5.75 Å². The fourth-order valence-electron chi connectivity index (χ4n) is 2.23. The second-order valence-electron chi connectivity index (χ2n) is 5.56. The Kier molecular flexibility index (Phi) is 5.32. The summed E-state index contributed by atoms with van der Waals surface area (Å²) in [4.78, 5) is 11.2. The fourth-order valence-corrected chi connectivity index (χ4v) is 3.54. The predicted octanol–water partition coefficient (Wildman–Crippen LogP) is 3.21. The number of nitrogens with one attached hydrogen (secondary N) is 2. The van der Waals surface area contributed by atoms with Crippen molar-refractivity contribution in [1.29, 1.82) is 0 Å². The molecular weight excluding hydrogens is 347 g/mol. The van der Waals surface area contributed by atoms with E-state index in [-0.39, 0.29) is 22.0 Å². The lowest BCUT2D eigenvalue weighted by atomic mass is 10.1. The third-order valence-electron chi connectivity index (χ3n) is 3.61. The van der Waals surface area contributed by atoms with Crippen LogP contribution in [0, 0.1) is 19.7 Å². The number of amides is 1. The first-order valence-electron chi connectivity index (χ1n) is 7.39. The van der Waals surface area contributed by atoms with Gasteiger partial charge in [-0.2, -0.15) is 0 Å². The molecule has 0 atom stereocenters. The number of methoxy groups -OCH3 is 1. The van der Waals surface area contributed by atoms with Crippen molar-refractivity contribution >= 4 is 27.3 Å². The van der Waals surface area contributed by atoms with E-state index < -0.39 is 21.7 Å². The highest BCUT2D eigenvalue weighted by Gasteiger charge is 2.22. The smallest absolute Gasteiger partial charge is 0.265 e. The van der Waals surface area contributed by atoms with Gasteiger partial charge in [-0.15, -0.1) is 0 Å². The van der Waals surface area contributed by atoms with Gasteiger partial charge in [-0.05, 0) is 49.2 Å². The van der Waals surface area contributed by atoms with Gasteiger partial charge in [0.2, 0.25) is 5.91 Å².